The zero-order valence-electron chi connectivity index (χ0n) is 45.6. The van der Waals surface area contributed by atoms with E-state index in [1.807, 2.05) is 21.1 Å². The highest BCUT2D eigenvalue weighted by molar-refractivity contribution is 7.47. The van der Waals surface area contributed by atoms with Crippen LogP contribution in [0.15, 0.2) is 24.3 Å². The van der Waals surface area contributed by atoms with Crippen molar-refractivity contribution < 1.29 is 42.1 Å². The van der Waals surface area contributed by atoms with Crippen LogP contribution in [0.2, 0.25) is 0 Å². The monoisotopic (exact) mass is 983 g/mol. The van der Waals surface area contributed by atoms with E-state index in [4.69, 9.17) is 18.5 Å². The number of carbonyl (C=O) groups excluding carboxylic acids is 2. The second-order valence-corrected chi connectivity index (χ2v) is 22.5. The molecule has 0 saturated carbocycles. The molecule has 0 bridgehead atoms. The van der Waals surface area contributed by atoms with Crippen LogP contribution >= 0.6 is 7.82 Å². The van der Waals surface area contributed by atoms with Gasteiger partial charge in [-0.1, -0.05) is 250 Å². The number of phosphoric acid groups is 1. The van der Waals surface area contributed by atoms with Crippen LogP contribution in [0, 0.1) is 0 Å². The van der Waals surface area contributed by atoms with Crippen molar-refractivity contribution in [2.75, 3.05) is 47.5 Å². The fraction of sp³-hybridized carbons (Fsp3) is 0.897. The third-order valence-electron chi connectivity index (χ3n) is 13.0. The van der Waals surface area contributed by atoms with Gasteiger partial charge in [0, 0.05) is 12.8 Å². The molecule has 0 saturated heterocycles. The molecule has 0 aliphatic heterocycles. The minimum absolute atomic E-state index is 0.0287. The van der Waals surface area contributed by atoms with Crippen molar-refractivity contribution in [3.8, 4) is 0 Å². The first-order valence-electron chi connectivity index (χ1n) is 29.1. The zero-order valence-corrected chi connectivity index (χ0v) is 46.5. The van der Waals surface area contributed by atoms with Crippen LogP contribution < -0.4 is 0 Å². The van der Waals surface area contributed by atoms with Gasteiger partial charge in [-0.2, -0.15) is 0 Å². The Morgan fingerprint density at radius 1 is 0.441 bits per heavy atom. The Hall–Kier alpha value is -1.51. The van der Waals surface area contributed by atoms with Crippen LogP contribution in [0.1, 0.15) is 284 Å². The van der Waals surface area contributed by atoms with E-state index in [9.17, 15) is 19.0 Å². The number of carbonyl (C=O) groups is 2. The quantitative estimate of drug-likeness (QED) is 0.0211. The molecule has 0 fully saturated rings. The fourth-order valence-electron chi connectivity index (χ4n) is 8.45. The average molecular weight is 984 g/mol. The van der Waals surface area contributed by atoms with Gasteiger partial charge in [-0.3, -0.25) is 18.6 Å². The first-order chi connectivity index (χ1) is 33.0. The first kappa shape index (κ1) is 66.5. The van der Waals surface area contributed by atoms with Gasteiger partial charge >= 0.3 is 19.8 Å². The number of phosphoric ester groups is 1. The summed E-state index contributed by atoms with van der Waals surface area (Å²) >= 11 is 0. The maximum absolute atomic E-state index is 12.8. The van der Waals surface area contributed by atoms with Gasteiger partial charge in [-0.05, 0) is 44.9 Å². The number of esters is 2. The fourth-order valence-corrected chi connectivity index (χ4v) is 9.19. The molecule has 0 aliphatic rings. The Morgan fingerprint density at radius 3 is 1.18 bits per heavy atom. The number of nitrogens with zero attached hydrogens (tertiary/aromatic N) is 1. The number of rotatable bonds is 54. The summed E-state index contributed by atoms with van der Waals surface area (Å²) < 4.78 is 34.5. The smallest absolute Gasteiger partial charge is 0.462 e. The van der Waals surface area contributed by atoms with Crippen molar-refractivity contribution in [1.82, 2.24) is 0 Å². The van der Waals surface area contributed by atoms with Crippen molar-refractivity contribution in [2.45, 2.75) is 290 Å². The van der Waals surface area contributed by atoms with Gasteiger partial charge in [0.1, 0.15) is 19.8 Å². The summed E-state index contributed by atoms with van der Waals surface area (Å²) in [6.45, 7) is 4.45. The van der Waals surface area contributed by atoms with Crippen molar-refractivity contribution >= 4 is 19.8 Å². The van der Waals surface area contributed by atoms with Crippen LogP contribution in [0.5, 0.6) is 0 Å². The Kier molecular flexibility index (Phi) is 49.3. The number of ether oxygens (including phenoxy) is 2. The SMILES string of the molecule is CCCCCCCCCCCCCCCC/C=C/CC/C=C/CCCC(=O)OC[C@H](COP(=O)(O)OCC[N+](C)(C)C)OC(=O)CCCCCCCCCCCCCCCCCCCCCCC. The summed E-state index contributed by atoms with van der Waals surface area (Å²) in [5.41, 5.74) is 0. The van der Waals surface area contributed by atoms with Gasteiger partial charge in [-0.15, -0.1) is 0 Å². The molecule has 2 atom stereocenters. The highest BCUT2D eigenvalue weighted by Gasteiger charge is 2.27. The standard InChI is InChI=1S/C58H112NO8P/c1-6-8-10-12-14-16-18-20-22-24-26-28-29-31-32-34-36-38-40-42-44-46-48-50-57(60)64-54-56(55-66-68(62,63)65-53-52-59(3,4)5)67-58(61)51-49-47-45-43-41-39-37-35-33-30-27-25-23-21-19-17-15-13-11-9-7-2/h34,36,42,44,56H,6-33,35,37-41,43,45-55H2,1-5H3/p+1/b36-34+,44-42+/t56-/m1/s1. The van der Waals surface area contributed by atoms with Gasteiger partial charge in [0.15, 0.2) is 6.10 Å². The lowest BCUT2D eigenvalue weighted by atomic mass is 10.0. The minimum Gasteiger partial charge on any atom is -0.462 e. The number of likely N-dealkylation sites (N-methyl/N-ethyl adjacent to an activating group) is 1. The molecule has 0 aromatic heterocycles. The van der Waals surface area contributed by atoms with E-state index in [1.165, 1.54) is 212 Å². The molecule has 0 aromatic carbocycles. The lowest BCUT2D eigenvalue weighted by Crippen LogP contribution is -2.37. The number of unbranched alkanes of at least 4 members (excludes halogenated alkanes) is 36. The molecular weight excluding hydrogens is 870 g/mol. The van der Waals surface area contributed by atoms with Crippen LogP contribution in [-0.2, 0) is 32.7 Å². The molecule has 1 unspecified atom stereocenters. The molecule has 0 radical (unpaired) electrons. The van der Waals surface area contributed by atoms with Crippen LogP contribution in [0.25, 0.3) is 0 Å². The summed E-state index contributed by atoms with van der Waals surface area (Å²) in [6.07, 6.45) is 59.7. The van der Waals surface area contributed by atoms with Crippen molar-refractivity contribution in [1.29, 1.82) is 0 Å². The van der Waals surface area contributed by atoms with E-state index in [0.717, 1.165) is 32.1 Å². The first-order valence-corrected chi connectivity index (χ1v) is 30.6. The molecule has 0 aliphatic carbocycles. The van der Waals surface area contributed by atoms with Gasteiger partial charge < -0.3 is 18.9 Å². The van der Waals surface area contributed by atoms with E-state index >= 15 is 0 Å². The highest BCUT2D eigenvalue weighted by atomic mass is 31.2. The Labute approximate surface area is 421 Å². The van der Waals surface area contributed by atoms with Gasteiger partial charge in [0.2, 0.25) is 0 Å². The Morgan fingerprint density at radius 2 is 0.779 bits per heavy atom. The Balaban J connectivity index is 4.19. The largest absolute Gasteiger partial charge is 0.472 e. The normalized spacial score (nSPS) is 13.4. The summed E-state index contributed by atoms with van der Waals surface area (Å²) in [5, 5.41) is 0. The van der Waals surface area contributed by atoms with Crippen LogP contribution in [0.3, 0.4) is 0 Å². The number of hydrogen-bond acceptors (Lipinski definition) is 7. The average Bonchev–Trinajstić information content (AvgIpc) is 3.30. The second-order valence-electron chi connectivity index (χ2n) is 21.0. The summed E-state index contributed by atoms with van der Waals surface area (Å²) in [4.78, 5) is 35.6. The molecular formula is C58H113NO8P+. The van der Waals surface area contributed by atoms with Gasteiger partial charge in [0.05, 0.1) is 27.7 Å². The second kappa shape index (κ2) is 50.4. The molecule has 9 nitrogen and oxygen atoms in total. The Bertz CT molecular complexity index is 1200. The molecule has 0 spiro atoms. The molecule has 1 N–H and O–H groups in total. The number of hydrogen-bond donors (Lipinski definition) is 1. The molecule has 402 valence electrons. The van der Waals surface area contributed by atoms with E-state index in [2.05, 4.69) is 38.2 Å². The number of quaternary nitrogens is 1. The van der Waals surface area contributed by atoms with Crippen molar-refractivity contribution in [3.63, 3.8) is 0 Å². The third kappa shape index (κ3) is 53.8. The third-order valence-corrected chi connectivity index (χ3v) is 13.9. The topological polar surface area (TPSA) is 108 Å². The summed E-state index contributed by atoms with van der Waals surface area (Å²) in [7, 11) is 1.47. The van der Waals surface area contributed by atoms with Crippen LogP contribution in [0.4, 0.5) is 0 Å². The molecule has 68 heavy (non-hydrogen) atoms. The lowest BCUT2D eigenvalue weighted by Gasteiger charge is -2.24. The molecule has 10 heteroatoms. The summed E-state index contributed by atoms with van der Waals surface area (Å²) in [5.74, 6) is -0.831. The maximum atomic E-state index is 12.8. The van der Waals surface area contributed by atoms with Crippen molar-refractivity contribution in [3.05, 3.63) is 24.3 Å². The van der Waals surface area contributed by atoms with E-state index in [1.54, 1.807) is 0 Å². The molecule has 0 aromatic rings. The molecule has 0 rings (SSSR count). The minimum atomic E-state index is -4.39. The zero-order chi connectivity index (χ0) is 49.9. The predicted molar refractivity (Wildman–Crippen MR) is 289 cm³/mol. The van der Waals surface area contributed by atoms with E-state index < -0.39 is 32.5 Å². The van der Waals surface area contributed by atoms with Crippen molar-refractivity contribution in [2.24, 2.45) is 0 Å². The van der Waals surface area contributed by atoms with Crippen LogP contribution in [-0.4, -0.2) is 74.9 Å². The predicted octanol–water partition coefficient (Wildman–Crippen LogP) is 17.8. The number of allylic oxidation sites excluding steroid dienone is 4. The maximum Gasteiger partial charge on any atom is 0.472 e. The molecule has 0 amide bonds. The van der Waals surface area contributed by atoms with E-state index in [-0.39, 0.29) is 26.1 Å². The summed E-state index contributed by atoms with van der Waals surface area (Å²) in [6, 6.07) is 0. The van der Waals surface area contributed by atoms with Gasteiger partial charge in [0.25, 0.3) is 0 Å². The molecule has 0 heterocycles. The lowest BCUT2D eigenvalue weighted by molar-refractivity contribution is -0.870. The highest BCUT2D eigenvalue weighted by Crippen LogP contribution is 2.43. The van der Waals surface area contributed by atoms with E-state index in [0.29, 0.717) is 23.9 Å². The van der Waals surface area contributed by atoms with Gasteiger partial charge in [-0.25, -0.2) is 4.57 Å².